The van der Waals surface area contributed by atoms with Crippen molar-refractivity contribution in [1.29, 1.82) is 0 Å². The number of carbonyl (C=O) groups excluding carboxylic acids is 2. The molecule has 3 atom stereocenters. The Labute approximate surface area is 199 Å². The summed E-state index contributed by atoms with van der Waals surface area (Å²) in [6.45, 7) is 2.31. The summed E-state index contributed by atoms with van der Waals surface area (Å²) in [5, 5.41) is 14.7. The van der Waals surface area contributed by atoms with E-state index in [1.807, 2.05) is 24.3 Å². The Bertz CT molecular complexity index is 1010. The van der Waals surface area contributed by atoms with Gasteiger partial charge in [0.05, 0.1) is 0 Å². The van der Waals surface area contributed by atoms with Gasteiger partial charge in [0.25, 0.3) is 0 Å². The number of amides is 2. The third-order valence-electron chi connectivity index (χ3n) is 7.12. The standard InChI is InChI=1S/C27H32N2O5/c1-2-24(26(31)32)29-25(30)18-10-4-3-9-17(18)15-28-27(33)34-16-23-21-13-7-5-11-19(21)20-12-6-8-14-22(20)23/h5-8,11-14,17-18,23-24H,2-4,9-10,15-16H2,1H3,(H,28,33)(H,29,30)(H,31,32)/t17-,18-,24-/m1/s1. The van der Waals surface area contributed by atoms with E-state index in [0.29, 0.717) is 19.4 Å². The molecule has 7 nitrogen and oxygen atoms in total. The molecule has 4 rings (SSSR count). The maximum Gasteiger partial charge on any atom is 0.407 e. The van der Waals surface area contributed by atoms with E-state index in [1.165, 1.54) is 11.1 Å². The molecule has 0 aromatic heterocycles. The van der Waals surface area contributed by atoms with Crippen LogP contribution in [0.4, 0.5) is 4.79 Å². The fourth-order valence-corrected chi connectivity index (χ4v) is 5.28. The van der Waals surface area contributed by atoms with Crippen LogP contribution in [0.5, 0.6) is 0 Å². The number of rotatable bonds is 8. The largest absolute Gasteiger partial charge is 0.480 e. The quantitative estimate of drug-likeness (QED) is 0.540. The third kappa shape index (κ3) is 5.08. The Balaban J connectivity index is 1.33. The lowest BCUT2D eigenvalue weighted by atomic mass is 9.78. The van der Waals surface area contributed by atoms with Crippen molar-refractivity contribution in [2.24, 2.45) is 11.8 Å². The number of carbonyl (C=O) groups is 3. The van der Waals surface area contributed by atoms with Crippen LogP contribution in [0.15, 0.2) is 48.5 Å². The predicted octanol–water partition coefficient (Wildman–Crippen LogP) is 4.31. The second kappa shape index (κ2) is 10.7. The molecular formula is C27H32N2O5. The lowest BCUT2D eigenvalue weighted by Gasteiger charge is -2.31. The van der Waals surface area contributed by atoms with Crippen LogP contribution < -0.4 is 10.6 Å². The number of benzene rings is 2. The van der Waals surface area contributed by atoms with E-state index >= 15 is 0 Å². The summed E-state index contributed by atoms with van der Waals surface area (Å²) in [5.41, 5.74) is 4.67. The molecule has 3 N–H and O–H groups in total. The molecule has 2 aliphatic rings. The zero-order valence-corrected chi connectivity index (χ0v) is 19.5. The molecule has 180 valence electrons. The number of hydrogen-bond donors (Lipinski definition) is 3. The molecule has 0 aliphatic heterocycles. The Morgan fingerprint density at radius 1 is 1.00 bits per heavy atom. The number of carboxylic acid groups (broad SMARTS) is 1. The number of aliphatic carboxylic acids is 1. The minimum Gasteiger partial charge on any atom is -0.480 e. The van der Waals surface area contributed by atoms with Gasteiger partial charge in [-0.05, 0) is 47.4 Å². The van der Waals surface area contributed by atoms with Gasteiger partial charge in [-0.3, -0.25) is 4.79 Å². The van der Waals surface area contributed by atoms with E-state index in [0.717, 1.165) is 30.4 Å². The molecule has 2 aromatic rings. The van der Waals surface area contributed by atoms with Crippen molar-refractivity contribution in [3.05, 3.63) is 59.7 Å². The fourth-order valence-electron chi connectivity index (χ4n) is 5.28. The van der Waals surface area contributed by atoms with Crippen molar-refractivity contribution in [2.75, 3.05) is 13.2 Å². The van der Waals surface area contributed by atoms with E-state index in [-0.39, 0.29) is 30.3 Å². The van der Waals surface area contributed by atoms with E-state index in [9.17, 15) is 19.5 Å². The topological polar surface area (TPSA) is 105 Å². The first-order valence-electron chi connectivity index (χ1n) is 12.1. The molecule has 0 bridgehead atoms. The second-order valence-electron chi connectivity index (χ2n) is 9.17. The van der Waals surface area contributed by atoms with Crippen molar-refractivity contribution in [3.63, 3.8) is 0 Å². The van der Waals surface area contributed by atoms with Crippen LogP contribution in [-0.4, -0.2) is 42.3 Å². The summed E-state index contributed by atoms with van der Waals surface area (Å²) in [7, 11) is 0. The van der Waals surface area contributed by atoms with Gasteiger partial charge in [-0.15, -0.1) is 0 Å². The fraction of sp³-hybridized carbons (Fsp3) is 0.444. The first-order chi connectivity index (χ1) is 16.5. The van der Waals surface area contributed by atoms with E-state index in [2.05, 4.69) is 34.9 Å². The van der Waals surface area contributed by atoms with Gasteiger partial charge in [0.15, 0.2) is 0 Å². The smallest absolute Gasteiger partial charge is 0.407 e. The summed E-state index contributed by atoms with van der Waals surface area (Å²) in [5.74, 6) is -1.63. The SMILES string of the molecule is CC[C@@H](NC(=O)[C@@H]1CCCC[C@@H]1CNC(=O)OCC1c2ccccc2-c2ccccc21)C(=O)O. The molecule has 0 radical (unpaired) electrons. The molecule has 1 fully saturated rings. The highest BCUT2D eigenvalue weighted by Gasteiger charge is 2.33. The average Bonchev–Trinajstić information content (AvgIpc) is 3.18. The number of carboxylic acids is 1. The zero-order chi connectivity index (χ0) is 24.1. The molecule has 0 spiro atoms. The number of alkyl carbamates (subject to hydrolysis) is 1. The van der Waals surface area contributed by atoms with Gasteiger partial charge < -0.3 is 20.5 Å². The summed E-state index contributed by atoms with van der Waals surface area (Å²) in [6.07, 6.45) is 3.24. The van der Waals surface area contributed by atoms with Crippen molar-refractivity contribution in [3.8, 4) is 11.1 Å². The molecule has 2 aromatic carbocycles. The number of hydrogen-bond acceptors (Lipinski definition) is 4. The minimum atomic E-state index is -1.03. The van der Waals surface area contributed by atoms with Crippen molar-refractivity contribution in [1.82, 2.24) is 10.6 Å². The lowest BCUT2D eigenvalue weighted by Crippen LogP contribution is -2.47. The maximum atomic E-state index is 12.7. The molecule has 2 amide bonds. The Morgan fingerprint density at radius 2 is 1.62 bits per heavy atom. The van der Waals surface area contributed by atoms with Crippen LogP contribution >= 0.6 is 0 Å². The van der Waals surface area contributed by atoms with Crippen molar-refractivity contribution in [2.45, 2.75) is 51.0 Å². The first kappa shape index (κ1) is 23.8. The summed E-state index contributed by atoms with van der Waals surface area (Å²) < 4.78 is 5.61. The van der Waals surface area contributed by atoms with E-state index in [4.69, 9.17) is 4.74 Å². The van der Waals surface area contributed by atoms with Crippen LogP contribution in [-0.2, 0) is 14.3 Å². The van der Waals surface area contributed by atoms with Crippen molar-refractivity contribution < 1.29 is 24.2 Å². The van der Waals surface area contributed by atoms with Crippen molar-refractivity contribution >= 4 is 18.0 Å². The van der Waals surface area contributed by atoms with Gasteiger partial charge >= 0.3 is 12.1 Å². The number of nitrogens with one attached hydrogen (secondary N) is 2. The van der Waals surface area contributed by atoms with Crippen LogP contribution in [0.1, 0.15) is 56.1 Å². The summed E-state index contributed by atoms with van der Waals surface area (Å²) >= 11 is 0. The van der Waals surface area contributed by atoms with Gasteiger partial charge in [-0.25, -0.2) is 9.59 Å². The van der Waals surface area contributed by atoms with Gasteiger partial charge in [-0.2, -0.15) is 0 Å². The van der Waals surface area contributed by atoms with Crippen LogP contribution in [0, 0.1) is 11.8 Å². The molecule has 0 heterocycles. The van der Waals surface area contributed by atoms with Crippen LogP contribution in [0.2, 0.25) is 0 Å². The monoisotopic (exact) mass is 464 g/mol. The second-order valence-corrected chi connectivity index (χ2v) is 9.17. The van der Waals surface area contributed by atoms with E-state index in [1.54, 1.807) is 6.92 Å². The highest BCUT2D eigenvalue weighted by Crippen LogP contribution is 2.44. The van der Waals surface area contributed by atoms with Crippen LogP contribution in [0.25, 0.3) is 11.1 Å². The Morgan fingerprint density at radius 3 is 2.24 bits per heavy atom. The van der Waals surface area contributed by atoms with Gasteiger partial charge in [0.1, 0.15) is 12.6 Å². The van der Waals surface area contributed by atoms with Gasteiger partial charge in [-0.1, -0.05) is 68.3 Å². The average molecular weight is 465 g/mol. The number of fused-ring (bicyclic) bond motifs is 3. The van der Waals surface area contributed by atoms with E-state index < -0.39 is 18.1 Å². The molecule has 7 heteroatoms. The zero-order valence-electron chi connectivity index (χ0n) is 19.5. The number of ether oxygens (including phenoxy) is 1. The Kier molecular flexibility index (Phi) is 7.50. The maximum absolute atomic E-state index is 12.7. The molecular weight excluding hydrogens is 432 g/mol. The predicted molar refractivity (Wildman–Crippen MR) is 128 cm³/mol. The highest BCUT2D eigenvalue weighted by atomic mass is 16.5. The molecule has 0 unspecified atom stereocenters. The lowest BCUT2D eigenvalue weighted by molar-refractivity contribution is -0.143. The van der Waals surface area contributed by atoms with Gasteiger partial charge in [0.2, 0.25) is 5.91 Å². The summed E-state index contributed by atoms with van der Waals surface area (Å²) in [6, 6.07) is 15.5. The third-order valence-corrected chi connectivity index (χ3v) is 7.12. The molecule has 0 saturated heterocycles. The highest BCUT2D eigenvalue weighted by molar-refractivity contribution is 5.85. The first-order valence-corrected chi connectivity index (χ1v) is 12.1. The molecule has 2 aliphatic carbocycles. The normalized spacial score (nSPS) is 20.0. The van der Waals surface area contributed by atoms with Crippen LogP contribution in [0.3, 0.4) is 0 Å². The molecule has 34 heavy (non-hydrogen) atoms. The summed E-state index contributed by atoms with van der Waals surface area (Å²) in [4.78, 5) is 36.6. The molecule has 1 saturated carbocycles. The minimum absolute atomic E-state index is 0.00615. The van der Waals surface area contributed by atoms with Gasteiger partial charge in [0, 0.05) is 18.4 Å². The Hall–Kier alpha value is -3.35.